The fourth-order valence-electron chi connectivity index (χ4n) is 2.71. The van der Waals surface area contributed by atoms with Crippen molar-refractivity contribution in [2.45, 2.75) is 18.4 Å². The molecule has 2 aromatic carbocycles. The van der Waals surface area contributed by atoms with Crippen LogP contribution in [0.4, 0.5) is 0 Å². The molecule has 0 fully saturated rings. The minimum atomic E-state index is -3.75. The molecule has 0 aliphatic heterocycles. The number of aromatic nitrogens is 2. The average molecular weight is 414 g/mol. The molecule has 0 unspecified atom stereocenters. The molecule has 0 aliphatic rings. The van der Waals surface area contributed by atoms with E-state index in [-0.39, 0.29) is 29.8 Å². The van der Waals surface area contributed by atoms with Crippen LogP contribution in [0.25, 0.3) is 11.4 Å². The van der Waals surface area contributed by atoms with E-state index >= 15 is 0 Å². The maximum absolute atomic E-state index is 12.7. The summed E-state index contributed by atoms with van der Waals surface area (Å²) < 4.78 is 31.5. The Morgan fingerprint density at radius 2 is 1.66 bits per heavy atom. The highest BCUT2D eigenvalue weighted by Gasteiger charge is 2.25. The summed E-state index contributed by atoms with van der Waals surface area (Å²) in [7, 11) is -2.36. The third-order valence-corrected chi connectivity index (χ3v) is 6.19. The summed E-state index contributed by atoms with van der Waals surface area (Å²) in [4.78, 5) is 18.6. The lowest BCUT2D eigenvalue weighted by Gasteiger charge is -2.23. The summed E-state index contributed by atoms with van der Waals surface area (Å²) in [6.45, 7) is 2.00. The number of likely N-dealkylation sites (N-methyl/N-ethyl adjacent to an activating group) is 2. The molecule has 0 saturated carbocycles. The Bertz CT molecular complexity index is 1050. The number of hydrogen-bond acceptors (Lipinski definition) is 6. The van der Waals surface area contributed by atoms with Gasteiger partial charge >= 0.3 is 0 Å². The Balaban J connectivity index is 1.67. The molecule has 152 valence electrons. The second-order valence-corrected chi connectivity index (χ2v) is 8.40. The van der Waals surface area contributed by atoms with Gasteiger partial charge < -0.3 is 9.42 Å². The lowest BCUT2D eigenvalue weighted by Crippen LogP contribution is -2.40. The average Bonchev–Trinajstić information content (AvgIpc) is 3.21. The molecule has 1 amide bonds. The Kier molecular flexibility index (Phi) is 6.40. The molecular weight excluding hydrogens is 392 g/mol. The van der Waals surface area contributed by atoms with Crippen LogP contribution in [0.3, 0.4) is 0 Å². The first-order chi connectivity index (χ1) is 13.9. The van der Waals surface area contributed by atoms with E-state index in [0.717, 1.165) is 9.87 Å². The molecule has 0 saturated heterocycles. The molecule has 8 nitrogen and oxygen atoms in total. The molecule has 9 heteroatoms. The molecule has 0 aliphatic carbocycles. The van der Waals surface area contributed by atoms with Crippen LogP contribution in [0.1, 0.15) is 12.8 Å². The van der Waals surface area contributed by atoms with E-state index in [1.807, 2.05) is 30.3 Å². The molecule has 0 radical (unpaired) electrons. The smallest absolute Gasteiger partial charge is 0.246 e. The van der Waals surface area contributed by atoms with Crippen LogP contribution in [0, 0.1) is 0 Å². The maximum Gasteiger partial charge on any atom is 0.246 e. The number of sulfonamides is 1. The zero-order valence-electron chi connectivity index (χ0n) is 16.2. The molecule has 0 bridgehead atoms. The first-order valence-corrected chi connectivity index (χ1v) is 10.5. The highest BCUT2D eigenvalue weighted by Crippen LogP contribution is 2.16. The van der Waals surface area contributed by atoms with Crippen molar-refractivity contribution < 1.29 is 17.7 Å². The third kappa shape index (κ3) is 4.87. The monoisotopic (exact) mass is 414 g/mol. The first-order valence-electron chi connectivity index (χ1n) is 9.09. The van der Waals surface area contributed by atoms with Crippen molar-refractivity contribution in [3.8, 4) is 11.4 Å². The normalized spacial score (nSPS) is 11.6. The summed E-state index contributed by atoms with van der Waals surface area (Å²) in [5.74, 6) is 0.370. The van der Waals surface area contributed by atoms with E-state index in [4.69, 9.17) is 4.52 Å². The van der Waals surface area contributed by atoms with Crippen molar-refractivity contribution in [2.75, 3.05) is 20.1 Å². The van der Waals surface area contributed by atoms with Gasteiger partial charge in [0, 0.05) is 19.2 Å². The molecule has 0 atom stereocenters. The van der Waals surface area contributed by atoms with Gasteiger partial charge in [0.15, 0.2) is 0 Å². The SMILES string of the molecule is CCN(Cc1nc(-c2ccccc2)no1)C(=O)CN(C)S(=O)(=O)c1ccccc1. The molecular formula is C20H22N4O4S. The number of amides is 1. The Hall–Kier alpha value is -3.04. The summed E-state index contributed by atoms with van der Waals surface area (Å²) in [5.41, 5.74) is 0.811. The lowest BCUT2D eigenvalue weighted by molar-refractivity contribution is -0.132. The van der Waals surface area contributed by atoms with Crippen molar-refractivity contribution in [2.24, 2.45) is 0 Å². The fourth-order valence-corrected chi connectivity index (χ4v) is 3.85. The van der Waals surface area contributed by atoms with Crippen molar-refractivity contribution in [1.82, 2.24) is 19.3 Å². The number of carbonyl (C=O) groups excluding carboxylic acids is 1. The van der Waals surface area contributed by atoms with Gasteiger partial charge in [-0.05, 0) is 19.1 Å². The summed E-state index contributed by atoms with van der Waals surface area (Å²) in [6, 6.07) is 17.4. The Morgan fingerprint density at radius 1 is 1.03 bits per heavy atom. The van der Waals surface area contributed by atoms with E-state index in [9.17, 15) is 13.2 Å². The highest BCUT2D eigenvalue weighted by atomic mass is 32.2. The number of hydrogen-bond donors (Lipinski definition) is 0. The molecule has 0 spiro atoms. The van der Waals surface area contributed by atoms with Gasteiger partial charge in [0.1, 0.15) is 6.54 Å². The predicted octanol–water partition coefficient (Wildman–Crippen LogP) is 2.41. The third-order valence-electron chi connectivity index (χ3n) is 4.37. The van der Waals surface area contributed by atoms with Crippen LogP contribution in [-0.2, 0) is 21.4 Å². The van der Waals surface area contributed by atoms with Crippen LogP contribution in [-0.4, -0.2) is 53.8 Å². The van der Waals surface area contributed by atoms with E-state index < -0.39 is 10.0 Å². The maximum atomic E-state index is 12.7. The number of benzene rings is 2. The minimum Gasteiger partial charge on any atom is -0.337 e. The molecule has 3 aromatic rings. The zero-order valence-corrected chi connectivity index (χ0v) is 17.0. The van der Waals surface area contributed by atoms with Gasteiger partial charge in [-0.15, -0.1) is 0 Å². The van der Waals surface area contributed by atoms with E-state index in [0.29, 0.717) is 12.4 Å². The largest absolute Gasteiger partial charge is 0.337 e. The second kappa shape index (κ2) is 8.97. The Morgan fingerprint density at radius 3 is 2.28 bits per heavy atom. The molecule has 1 aromatic heterocycles. The van der Waals surface area contributed by atoms with Crippen LogP contribution in [0.2, 0.25) is 0 Å². The van der Waals surface area contributed by atoms with Crippen molar-refractivity contribution in [1.29, 1.82) is 0 Å². The van der Waals surface area contributed by atoms with Crippen molar-refractivity contribution in [3.63, 3.8) is 0 Å². The summed E-state index contributed by atoms with van der Waals surface area (Å²) in [6.07, 6.45) is 0. The standard InChI is InChI=1S/C20H22N4O4S/c1-3-24(14-18-21-20(22-28-18)16-10-6-4-7-11-16)19(25)15-23(2)29(26,27)17-12-8-5-9-13-17/h4-13H,3,14-15H2,1-2H3. The van der Waals surface area contributed by atoms with Gasteiger partial charge in [0.05, 0.1) is 11.4 Å². The van der Waals surface area contributed by atoms with Crippen LogP contribution in [0.15, 0.2) is 70.1 Å². The number of rotatable bonds is 8. The molecule has 3 rings (SSSR count). The molecule has 1 heterocycles. The van der Waals surface area contributed by atoms with Crippen LogP contribution in [0.5, 0.6) is 0 Å². The summed E-state index contributed by atoms with van der Waals surface area (Å²) >= 11 is 0. The first kappa shape index (κ1) is 20.7. The van der Waals surface area contributed by atoms with Gasteiger partial charge in [-0.1, -0.05) is 53.7 Å². The highest BCUT2D eigenvalue weighted by molar-refractivity contribution is 7.89. The number of nitrogens with zero attached hydrogens (tertiary/aromatic N) is 4. The fraction of sp³-hybridized carbons (Fsp3) is 0.250. The van der Waals surface area contributed by atoms with Crippen LogP contribution < -0.4 is 0 Å². The van der Waals surface area contributed by atoms with Gasteiger partial charge in [-0.25, -0.2) is 8.42 Å². The predicted molar refractivity (Wildman–Crippen MR) is 107 cm³/mol. The molecule has 29 heavy (non-hydrogen) atoms. The van der Waals surface area contributed by atoms with E-state index in [1.54, 1.807) is 25.1 Å². The topological polar surface area (TPSA) is 96.6 Å². The quantitative estimate of drug-likeness (QED) is 0.562. The lowest BCUT2D eigenvalue weighted by atomic mass is 10.2. The van der Waals surface area contributed by atoms with Crippen LogP contribution >= 0.6 is 0 Å². The van der Waals surface area contributed by atoms with Gasteiger partial charge in [0.25, 0.3) is 0 Å². The van der Waals surface area contributed by atoms with Gasteiger partial charge in [-0.2, -0.15) is 9.29 Å². The van der Waals surface area contributed by atoms with E-state index in [1.165, 1.54) is 24.1 Å². The van der Waals surface area contributed by atoms with Crippen molar-refractivity contribution >= 4 is 15.9 Å². The Labute approximate surface area is 169 Å². The summed E-state index contributed by atoms with van der Waals surface area (Å²) in [5, 5.41) is 3.94. The number of carbonyl (C=O) groups is 1. The van der Waals surface area contributed by atoms with Crippen molar-refractivity contribution in [3.05, 3.63) is 66.6 Å². The zero-order chi connectivity index (χ0) is 20.9. The second-order valence-electron chi connectivity index (χ2n) is 6.36. The van der Waals surface area contributed by atoms with E-state index in [2.05, 4.69) is 10.1 Å². The molecule has 0 N–H and O–H groups in total. The minimum absolute atomic E-state index is 0.106. The van der Waals surface area contributed by atoms with Gasteiger partial charge in [0.2, 0.25) is 27.6 Å². The van der Waals surface area contributed by atoms with Gasteiger partial charge in [-0.3, -0.25) is 4.79 Å².